The molecular formula is C9H15N3O3. The van der Waals surface area contributed by atoms with Crippen LogP contribution in [0, 0.1) is 0 Å². The summed E-state index contributed by atoms with van der Waals surface area (Å²) in [6, 6.07) is 0. The van der Waals surface area contributed by atoms with E-state index in [0.717, 1.165) is 5.69 Å². The van der Waals surface area contributed by atoms with Crippen molar-refractivity contribution in [1.29, 1.82) is 0 Å². The Balaban J connectivity index is 2.17. The van der Waals surface area contributed by atoms with Crippen LogP contribution in [0.1, 0.15) is 12.1 Å². The highest BCUT2D eigenvalue weighted by Crippen LogP contribution is 1.93. The summed E-state index contributed by atoms with van der Waals surface area (Å²) in [5.41, 5.74) is 0.923. The molecule has 0 radical (unpaired) electrons. The second-order valence-electron chi connectivity index (χ2n) is 3.15. The van der Waals surface area contributed by atoms with Crippen LogP contribution in [0.2, 0.25) is 0 Å². The molecule has 1 atom stereocenters. The van der Waals surface area contributed by atoms with Gasteiger partial charge in [0.1, 0.15) is 6.10 Å². The van der Waals surface area contributed by atoms with E-state index in [1.807, 2.05) is 0 Å². The first-order chi connectivity index (χ1) is 7.24. The average Bonchev–Trinajstić information content (AvgIpc) is 2.71. The lowest BCUT2D eigenvalue weighted by Gasteiger charge is -2.09. The number of hydrogen-bond donors (Lipinski definition) is 4. The fourth-order valence-electron chi connectivity index (χ4n) is 1.11. The van der Waals surface area contributed by atoms with Gasteiger partial charge >= 0.3 is 0 Å². The third-order valence-electron chi connectivity index (χ3n) is 1.95. The van der Waals surface area contributed by atoms with E-state index in [0.29, 0.717) is 13.0 Å². The monoisotopic (exact) mass is 213 g/mol. The second kappa shape index (κ2) is 6.15. The fourth-order valence-corrected chi connectivity index (χ4v) is 1.11. The van der Waals surface area contributed by atoms with Gasteiger partial charge < -0.3 is 20.5 Å². The molecule has 0 aliphatic carbocycles. The first-order valence-electron chi connectivity index (χ1n) is 4.78. The van der Waals surface area contributed by atoms with Crippen LogP contribution in [0.4, 0.5) is 0 Å². The van der Waals surface area contributed by atoms with Gasteiger partial charge in [0.25, 0.3) is 0 Å². The number of carbonyl (C=O) groups excluding carboxylic acids is 1. The van der Waals surface area contributed by atoms with E-state index in [9.17, 15) is 9.90 Å². The molecular weight excluding hydrogens is 198 g/mol. The number of nitrogens with zero attached hydrogens (tertiary/aromatic N) is 1. The molecule has 0 aromatic carbocycles. The number of H-pyrrole nitrogens is 1. The topological polar surface area (TPSA) is 98.2 Å². The molecule has 1 unspecified atom stereocenters. The summed E-state index contributed by atoms with van der Waals surface area (Å²) < 4.78 is 0. The zero-order chi connectivity index (χ0) is 11.1. The van der Waals surface area contributed by atoms with Gasteiger partial charge in [-0.05, 0) is 0 Å². The summed E-state index contributed by atoms with van der Waals surface area (Å²) in [4.78, 5) is 17.9. The second-order valence-corrected chi connectivity index (χ2v) is 3.15. The van der Waals surface area contributed by atoms with Crippen molar-refractivity contribution in [3.8, 4) is 0 Å². The number of rotatable bonds is 6. The summed E-state index contributed by atoms with van der Waals surface area (Å²) in [6.45, 7) is 0.235. The van der Waals surface area contributed by atoms with Crippen molar-refractivity contribution in [3.05, 3.63) is 18.2 Å². The molecule has 6 nitrogen and oxygen atoms in total. The van der Waals surface area contributed by atoms with E-state index < -0.39 is 12.0 Å². The molecule has 4 N–H and O–H groups in total. The molecule has 0 aliphatic rings. The SMILES string of the molecule is O=C(NCCc1cnc[nH]1)C(O)CCO. The van der Waals surface area contributed by atoms with Gasteiger partial charge in [-0.2, -0.15) is 0 Å². The van der Waals surface area contributed by atoms with Crippen LogP contribution in [0.15, 0.2) is 12.5 Å². The number of imidazole rings is 1. The van der Waals surface area contributed by atoms with Crippen molar-refractivity contribution in [2.75, 3.05) is 13.2 Å². The lowest BCUT2D eigenvalue weighted by atomic mass is 10.2. The minimum atomic E-state index is -1.13. The first kappa shape index (κ1) is 11.7. The Morgan fingerprint density at radius 1 is 1.67 bits per heavy atom. The minimum absolute atomic E-state index is 0.0654. The number of aliphatic hydroxyl groups excluding tert-OH is 2. The van der Waals surface area contributed by atoms with Gasteiger partial charge in [-0.25, -0.2) is 4.98 Å². The Labute approximate surface area is 87.3 Å². The van der Waals surface area contributed by atoms with Crippen molar-refractivity contribution in [1.82, 2.24) is 15.3 Å². The first-order valence-corrected chi connectivity index (χ1v) is 4.78. The predicted octanol–water partition coefficient (Wildman–Crippen LogP) is -1.19. The van der Waals surface area contributed by atoms with E-state index in [4.69, 9.17) is 5.11 Å². The fraction of sp³-hybridized carbons (Fsp3) is 0.556. The highest BCUT2D eigenvalue weighted by Gasteiger charge is 2.12. The zero-order valence-electron chi connectivity index (χ0n) is 8.31. The van der Waals surface area contributed by atoms with Gasteiger partial charge in [-0.1, -0.05) is 0 Å². The number of carbonyl (C=O) groups is 1. The number of aliphatic hydroxyl groups is 2. The van der Waals surface area contributed by atoms with Crippen LogP contribution < -0.4 is 5.32 Å². The van der Waals surface area contributed by atoms with Crippen LogP contribution in [-0.4, -0.2) is 45.3 Å². The van der Waals surface area contributed by atoms with Gasteiger partial charge in [0.15, 0.2) is 0 Å². The highest BCUT2D eigenvalue weighted by atomic mass is 16.3. The average molecular weight is 213 g/mol. The number of nitrogens with one attached hydrogen (secondary N) is 2. The summed E-state index contributed by atoms with van der Waals surface area (Å²) in [5, 5.41) is 20.2. The standard InChI is InChI=1S/C9H15N3O3/c13-4-2-8(14)9(15)11-3-1-7-5-10-6-12-7/h5-6,8,13-14H,1-4H2,(H,10,12)(H,11,15). The van der Waals surface area contributed by atoms with Crippen molar-refractivity contribution in [3.63, 3.8) is 0 Å². The van der Waals surface area contributed by atoms with E-state index in [-0.39, 0.29) is 13.0 Å². The maximum absolute atomic E-state index is 11.2. The number of aromatic nitrogens is 2. The molecule has 0 saturated heterocycles. The van der Waals surface area contributed by atoms with Gasteiger partial charge in [-0.3, -0.25) is 4.79 Å². The molecule has 0 bridgehead atoms. The maximum atomic E-state index is 11.2. The molecule has 0 aliphatic heterocycles. The van der Waals surface area contributed by atoms with Crippen LogP contribution in [0.25, 0.3) is 0 Å². The van der Waals surface area contributed by atoms with E-state index >= 15 is 0 Å². The van der Waals surface area contributed by atoms with Crippen LogP contribution in [-0.2, 0) is 11.2 Å². The lowest BCUT2D eigenvalue weighted by Crippen LogP contribution is -2.36. The third kappa shape index (κ3) is 4.09. The molecule has 0 fully saturated rings. The summed E-state index contributed by atoms with van der Waals surface area (Å²) in [6.07, 6.45) is 2.82. The predicted molar refractivity (Wildman–Crippen MR) is 53.0 cm³/mol. The molecule has 84 valence electrons. The number of hydrogen-bond acceptors (Lipinski definition) is 4. The van der Waals surface area contributed by atoms with Crippen molar-refractivity contribution >= 4 is 5.91 Å². The smallest absolute Gasteiger partial charge is 0.248 e. The highest BCUT2D eigenvalue weighted by molar-refractivity contribution is 5.80. The molecule has 1 amide bonds. The molecule has 1 heterocycles. The van der Waals surface area contributed by atoms with Crippen LogP contribution in [0.3, 0.4) is 0 Å². The van der Waals surface area contributed by atoms with Crippen molar-refractivity contribution < 1.29 is 15.0 Å². The Morgan fingerprint density at radius 3 is 3.07 bits per heavy atom. The quantitative estimate of drug-likeness (QED) is 0.477. The number of aromatic amines is 1. The van der Waals surface area contributed by atoms with Gasteiger partial charge in [-0.15, -0.1) is 0 Å². The zero-order valence-corrected chi connectivity index (χ0v) is 8.31. The normalized spacial score (nSPS) is 12.4. The lowest BCUT2D eigenvalue weighted by molar-refractivity contribution is -0.130. The molecule has 1 rings (SSSR count). The summed E-state index contributed by atoms with van der Waals surface area (Å²) in [7, 11) is 0. The van der Waals surface area contributed by atoms with Gasteiger partial charge in [0.2, 0.25) is 5.91 Å². The molecule has 0 saturated carbocycles. The van der Waals surface area contributed by atoms with E-state index in [2.05, 4.69) is 15.3 Å². The van der Waals surface area contributed by atoms with Crippen molar-refractivity contribution in [2.24, 2.45) is 0 Å². The van der Waals surface area contributed by atoms with Crippen LogP contribution >= 0.6 is 0 Å². The minimum Gasteiger partial charge on any atom is -0.396 e. The molecule has 1 aromatic rings. The van der Waals surface area contributed by atoms with Crippen molar-refractivity contribution in [2.45, 2.75) is 18.9 Å². The molecule has 0 spiro atoms. The Hall–Kier alpha value is -1.40. The molecule has 6 heteroatoms. The molecule has 15 heavy (non-hydrogen) atoms. The Kier molecular flexibility index (Phi) is 4.79. The Bertz CT molecular complexity index is 287. The maximum Gasteiger partial charge on any atom is 0.248 e. The molecule has 1 aromatic heterocycles. The largest absolute Gasteiger partial charge is 0.396 e. The summed E-state index contributed by atoms with van der Waals surface area (Å²) in [5.74, 6) is -0.455. The summed E-state index contributed by atoms with van der Waals surface area (Å²) >= 11 is 0. The van der Waals surface area contributed by atoms with Gasteiger partial charge in [0.05, 0.1) is 6.33 Å². The van der Waals surface area contributed by atoms with E-state index in [1.54, 1.807) is 12.5 Å². The van der Waals surface area contributed by atoms with E-state index in [1.165, 1.54) is 0 Å². The van der Waals surface area contributed by atoms with Crippen LogP contribution in [0.5, 0.6) is 0 Å². The number of amides is 1. The van der Waals surface area contributed by atoms with Gasteiger partial charge in [0, 0.05) is 37.9 Å². The Morgan fingerprint density at radius 2 is 2.47 bits per heavy atom. The third-order valence-corrected chi connectivity index (χ3v) is 1.95.